The Balaban J connectivity index is 1.87. The van der Waals surface area contributed by atoms with Crippen LogP contribution in [0.5, 0.6) is 0 Å². The van der Waals surface area contributed by atoms with Crippen LogP contribution in [-0.2, 0) is 6.54 Å². The Bertz CT molecular complexity index is 1070. The Labute approximate surface area is 141 Å². The molecule has 0 aliphatic rings. The number of fused-ring (bicyclic) bond motifs is 2. The number of halogens is 2. The summed E-state index contributed by atoms with van der Waals surface area (Å²) in [5.74, 6) is 1.02. The first kappa shape index (κ1) is 15.4. The van der Waals surface area contributed by atoms with Crippen LogP contribution < -0.4 is 5.32 Å². The van der Waals surface area contributed by atoms with Crippen LogP contribution in [0.4, 0.5) is 14.7 Å². The van der Waals surface area contributed by atoms with Crippen LogP contribution in [0.1, 0.15) is 5.82 Å². The fourth-order valence-corrected chi connectivity index (χ4v) is 2.86. The van der Waals surface area contributed by atoms with Gasteiger partial charge in [0.2, 0.25) is 5.95 Å². The number of imidazole rings is 1. The Kier molecular flexibility index (Phi) is 3.56. The maximum Gasteiger partial charge on any atom is 0.256 e. The quantitative estimate of drug-likeness (QED) is 0.595. The lowest BCUT2D eigenvalue weighted by atomic mass is 10.1. The highest BCUT2D eigenvalue weighted by Gasteiger charge is 2.16. The van der Waals surface area contributed by atoms with Crippen molar-refractivity contribution in [3.63, 3.8) is 0 Å². The van der Waals surface area contributed by atoms with Gasteiger partial charge in [-0.05, 0) is 19.1 Å². The average Bonchev–Trinajstić information content (AvgIpc) is 3.15. The van der Waals surface area contributed by atoms with Crippen LogP contribution in [0, 0.1) is 6.92 Å². The monoisotopic (exact) mass is 343 g/mol. The number of aromatic nitrogens is 6. The molecule has 0 aromatic carbocycles. The number of hydrogen-bond acceptors (Lipinski definition) is 5. The number of aromatic amines is 1. The first-order chi connectivity index (χ1) is 12.1. The minimum Gasteiger partial charge on any atom is -0.357 e. The first-order valence-electron chi connectivity index (χ1n) is 7.71. The second-order valence-corrected chi connectivity index (χ2v) is 5.61. The van der Waals surface area contributed by atoms with Crippen molar-refractivity contribution in [2.45, 2.75) is 19.9 Å². The summed E-state index contributed by atoms with van der Waals surface area (Å²) in [6.45, 7) is 1.27. The Morgan fingerprint density at radius 3 is 2.84 bits per heavy atom. The molecule has 0 radical (unpaired) electrons. The molecule has 0 saturated heterocycles. The number of rotatable bonds is 4. The van der Waals surface area contributed by atoms with Crippen molar-refractivity contribution in [2.24, 2.45) is 0 Å². The number of nitrogens with one attached hydrogen (secondary N) is 2. The molecule has 4 rings (SSSR count). The summed E-state index contributed by atoms with van der Waals surface area (Å²) < 4.78 is 27.1. The number of aryl methyl sites for hydroxylation is 1. The average molecular weight is 343 g/mol. The van der Waals surface area contributed by atoms with Gasteiger partial charge in [0.05, 0.1) is 12.2 Å². The lowest BCUT2D eigenvalue weighted by molar-refractivity contribution is 0.127. The van der Waals surface area contributed by atoms with E-state index >= 15 is 0 Å². The molecule has 0 unspecified atom stereocenters. The van der Waals surface area contributed by atoms with Gasteiger partial charge in [0, 0.05) is 30.4 Å². The maximum atomic E-state index is 12.9. The molecule has 0 saturated carbocycles. The van der Waals surface area contributed by atoms with Crippen molar-refractivity contribution >= 4 is 28.1 Å². The smallest absolute Gasteiger partial charge is 0.256 e. The van der Waals surface area contributed by atoms with E-state index in [2.05, 4.69) is 30.2 Å². The molecule has 0 amide bonds. The van der Waals surface area contributed by atoms with E-state index in [1.807, 2.05) is 6.07 Å². The molecular weight excluding hydrogens is 328 g/mol. The normalized spacial score (nSPS) is 11.7. The van der Waals surface area contributed by atoms with Crippen molar-refractivity contribution in [1.82, 2.24) is 29.5 Å². The summed E-state index contributed by atoms with van der Waals surface area (Å²) in [6.07, 6.45) is 1.02. The van der Waals surface area contributed by atoms with E-state index in [4.69, 9.17) is 0 Å². The zero-order valence-corrected chi connectivity index (χ0v) is 13.6. The lowest BCUT2D eigenvalue weighted by Crippen LogP contribution is -2.08. The SMILES string of the molecule is CNc1ncc2c(-c3ccc4nc(C)n(CC(F)F)c4n3)c[nH]c2n1. The van der Waals surface area contributed by atoms with E-state index in [1.165, 1.54) is 4.57 Å². The third-order valence-electron chi connectivity index (χ3n) is 4.04. The molecule has 4 aromatic heterocycles. The third kappa shape index (κ3) is 2.57. The summed E-state index contributed by atoms with van der Waals surface area (Å²) >= 11 is 0. The summed E-state index contributed by atoms with van der Waals surface area (Å²) in [4.78, 5) is 20.5. The summed E-state index contributed by atoms with van der Waals surface area (Å²) in [6, 6.07) is 3.60. The predicted molar refractivity (Wildman–Crippen MR) is 90.7 cm³/mol. The fourth-order valence-electron chi connectivity index (χ4n) is 2.86. The van der Waals surface area contributed by atoms with Gasteiger partial charge >= 0.3 is 0 Å². The van der Waals surface area contributed by atoms with Gasteiger partial charge in [-0.15, -0.1) is 0 Å². The van der Waals surface area contributed by atoms with Crippen LogP contribution in [0.15, 0.2) is 24.5 Å². The first-order valence-corrected chi connectivity index (χ1v) is 7.71. The molecule has 0 aliphatic carbocycles. The van der Waals surface area contributed by atoms with Crippen molar-refractivity contribution in [3.05, 3.63) is 30.4 Å². The zero-order valence-electron chi connectivity index (χ0n) is 13.6. The van der Waals surface area contributed by atoms with E-state index in [1.54, 1.807) is 32.4 Å². The molecule has 2 N–H and O–H groups in total. The highest BCUT2D eigenvalue weighted by atomic mass is 19.3. The minimum absolute atomic E-state index is 0.429. The number of pyridine rings is 1. The van der Waals surface area contributed by atoms with E-state index in [-0.39, 0.29) is 0 Å². The molecule has 4 aromatic rings. The fraction of sp³-hybridized carbons (Fsp3) is 0.250. The van der Waals surface area contributed by atoms with E-state index < -0.39 is 13.0 Å². The Hall–Kier alpha value is -3.10. The highest BCUT2D eigenvalue weighted by Crippen LogP contribution is 2.28. The largest absolute Gasteiger partial charge is 0.357 e. The zero-order chi connectivity index (χ0) is 17.6. The molecule has 25 heavy (non-hydrogen) atoms. The molecule has 0 aliphatic heterocycles. The van der Waals surface area contributed by atoms with Gasteiger partial charge in [-0.1, -0.05) is 0 Å². The van der Waals surface area contributed by atoms with E-state index in [0.29, 0.717) is 34.3 Å². The van der Waals surface area contributed by atoms with Gasteiger partial charge in [0.25, 0.3) is 6.43 Å². The van der Waals surface area contributed by atoms with Crippen LogP contribution in [0.3, 0.4) is 0 Å². The van der Waals surface area contributed by atoms with Crippen molar-refractivity contribution in [2.75, 3.05) is 12.4 Å². The molecule has 0 bridgehead atoms. The molecular formula is C16H15F2N7. The molecule has 0 atom stereocenters. The van der Waals surface area contributed by atoms with Crippen LogP contribution >= 0.6 is 0 Å². The minimum atomic E-state index is -2.47. The van der Waals surface area contributed by atoms with Crippen molar-refractivity contribution < 1.29 is 8.78 Å². The predicted octanol–water partition coefficient (Wildman–Crippen LogP) is 2.98. The summed E-state index contributed by atoms with van der Waals surface area (Å²) in [7, 11) is 1.74. The van der Waals surface area contributed by atoms with E-state index in [0.717, 1.165) is 10.9 Å². The summed E-state index contributed by atoms with van der Waals surface area (Å²) in [5.41, 5.74) is 3.17. The second kappa shape index (κ2) is 5.76. The topological polar surface area (TPSA) is 84.3 Å². The molecule has 128 valence electrons. The highest BCUT2D eigenvalue weighted by molar-refractivity contribution is 5.93. The lowest BCUT2D eigenvalue weighted by Gasteiger charge is -2.06. The number of nitrogens with zero attached hydrogens (tertiary/aromatic N) is 5. The Morgan fingerprint density at radius 2 is 2.08 bits per heavy atom. The van der Waals surface area contributed by atoms with Crippen LogP contribution in [0.2, 0.25) is 0 Å². The van der Waals surface area contributed by atoms with Gasteiger partial charge in [0.1, 0.15) is 17.0 Å². The number of hydrogen-bond donors (Lipinski definition) is 2. The number of H-pyrrole nitrogens is 1. The molecule has 0 fully saturated rings. The van der Waals surface area contributed by atoms with Crippen molar-refractivity contribution in [1.29, 1.82) is 0 Å². The summed E-state index contributed by atoms with van der Waals surface area (Å²) in [5, 5.41) is 3.69. The number of alkyl halides is 2. The van der Waals surface area contributed by atoms with Gasteiger partial charge < -0.3 is 14.9 Å². The standard InChI is InChI=1S/C16H15F2N7/c1-8-22-12-4-3-11(23-15(12)25(8)7-13(17)18)9-5-20-14-10(9)6-21-16(19-2)24-14/h3-6,13H,7H2,1-2H3,(H2,19,20,21,24). The molecule has 9 heteroatoms. The van der Waals surface area contributed by atoms with Crippen LogP contribution in [-0.4, -0.2) is 43.0 Å². The molecule has 7 nitrogen and oxygen atoms in total. The van der Waals surface area contributed by atoms with E-state index in [9.17, 15) is 8.78 Å². The van der Waals surface area contributed by atoms with Crippen LogP contribution in [0.25, 0.3) is 33.5 Å². The third-order valence-corrected chi connectivity index (χ3v) is 4.04. The maximum absolute atomic E-state index is 12.9. The number of anilines is 1. The molecule has 4 heterocycles. The van der Waals surface area contributed by atoms with Crippen molar-refractivity contribution in [3.8, 4) is 11.3 Å². The van der Waals surface area contributed by atoms with Gasteiger partial charge in [-0.25, -0.2) is 23.7 Å². The second-order valence-electron chi connectivity index (χ2n) is 5.61. The Morgan fingerprint density at radius 1 is 1.24 bits per heavy atom. The van der Waals surface area contributed by atoms with Gasteiger partial charge in [0.15, 0.2) is 5.65 Å². The van der Waals surface area contributed by atoms with Gasteiger partial charge in [-0.3, -0.25) is 0 Å². The van der Waals surface area contributed by atoms with Gasteiger partial charge in [-0.2, -0.15) is 4.98 Å². The molecule has 0 spiro atoms.